The van der Waals surface area contributed by atoms with Crippen LogP contribution in [0.2, 0.25) is 0 Å². The summed E-state index contributed by atoms with van der Waals surface area (Å²) >= 11 is 0. The van der Waals surface area contributed by atoms with E-state index in [-0.39, 0.29) is 17.6 Å². The van der Waals surface area contributed by atoms with Crippen molar-refractivity contribution in [2.24, 2.45) is 0 Å². The lowest BCUT2D eigenvalue weighted by atomic mass is 10.2. The molecule has 0 radical (unpaired) electrons. The molecule has 0 aliphatic carbocycles. The highest BCUT2D eigenvalue weighted by molar-refractivity contribution is 5.92. The van der Waals surface area contributed by atoms with E-state index in [1.165, 1.54) is 24.1 Å². The average Bonchev–Trinajstić information content (AvgIpc) is 3.28. The number of rotatable bonds is 3. The summed E-state index contributed by atoms with van der Waals surface area (Å²) in [6.45, 7) is 1.10. The highest BCUT2D eigenvalue weighted by Gasteiger charge is 2.45. The van der Waals surface area contributed by atoms with Crippen molar-refractivity contribution in [3.05, 3.63) is 42.0 Å². The second-order valence-electron chi connectivity index (χ2n) is 6.49. The van der Waals surface area contributed by atoms with Gasteiger partial charge in [0.15, 0.2) is 0 Å². The van der Waals surface area contributed by atoms with Crippen molar-refractivity contribution in [3.8, 4) is 0 Å². The van der Waals surface area contributed by atoms with E-state index in [2.05, 4.69) is 15.0 Å². The van der Waals surface area contributed by atoms with Gasteiger partial charge in [-0.2, -0.15) is 13.2 Å². The summed E-state index contributed by atoms with van der Waals surface area (Å²) < 4.78 is 38.7. The molecule has 0 aromatic carbocycles. The zero-order valence-corrected chi connectivity index (χ0v) is 13.9. The van der Waals surface area contributed by atoms with E-state index >= 15 is 0 Å². The van der Waals surface area contributed by atoms with Gasteiger partial charge in [0, 0.05) is 37.7 Å². The molecule has 27 heavy (non-hydrogen) atoms. The summed E-state index contributed by atoms with van der Waals surface area (Å²) in [7, 11) is 0. The van der Waals surface area contributed by atoms with Crippen molar-refractivity contribution >= 4 is 17.5 Å². The molecule has 1 amide bonds. The van der Waals surface area contributed by atoms with Crippen LogP contribution >= 0.6 is 0 Å². The van der Waals surface area contributed by atoms with Gasteiger partial charge in [-0.25, -0.2) is 15.4 Å². The molecule has 11 heteroatoms. The average molecular weight is 380 g/mol. The van der Waals surface area contributed by atoms with Gasteiger partial charge in [-0.15, -0.1) is 0 Å². The number of piperazine rings is 1. The second kappa shape index (κ2) is 6.34. The maximum atomic E-state index is 12.9. The molecule has 2 atom stereocenters. The van der Waals surface area contributed by atoms with Crippen LogP contribution in [-0.4, -0.2) is 51.2 Å². The predicted octanol–water partition coefficient (Wildman–Crippen LogP) is 1.48. The van der Waals surface area contributed by atoms with Crippen molar-refractivity contribution in [1.82, 2.24) is 20.4 Å². The molecule has 2 aliphatic rings. The molecule has 2 aromatic heterocycles. The summed E-state index contributed by atoms with van der Waals surface area (Å²) in [4.78, 5) is 27.3. The summed E-state index contributed by atoms with van der Waals surface area (Å²) in [5.74, 6) is -0.258. The van der Waals surface area contributed by atoms with Crippen LogP contribution in [0.3, 0.4) is 0 Å². The van der Waals surface area contributed by atoms with Gasteiger partial charge in [-0.1, -0.05) is 0 Å². The number of hydrogen-bond donors (Lipinski definition) is 2. The van der Waals surface area contributed by atoms with Crippen LogP contribution in [0.25, 0.3) is 0 Å². The lowest BCUT2D eigenvalue weighted by Crippen LogP contribution is -2.47. The number of nitrogens with one attached hydrogen (secondary N) is 1. The number of carbonyl (C=O) groups is 1. The van der Waals surface area contributed by atoms with Gasteiger partial charge in [0.1, 0.15) is 0 Å². The first-order valence-electron chi connectivity index (χ1n) is 8.19. The number of halogens is 3. The van der Waals surface area contributed by atoms with Gasteiger partial charge in [0.25, 0.3) is 5.91 Å². The Balaban J connectivity index is 1.49. The minimum absolute atomic E-state index is 0.0318. The fourth-order valence-electron chi connectivity index (χ4n) is 3.62. The van der Waals surface area contributed by atoms with Crippen LogP contribution < -0.4 is 15.3 Å². The molecular formula is C16H15F3N6O2. The fraction of sp³-hybridized carbons (Fsp3) is 0.375. The van der Waals surface area contributed by atoms with Gasteiger partial charge in [0.2, 0.25) is 5.95 Å². The quantitative estimate of drug-likeness (QED) is 0.615. The lowest BCUT2D eigenvalue weighted by Gasteiger charge is -2.35. The molecule has 2 fully saturated rings. The predicted molar refractivity (Wildman–Crippen MR) is 87.4 cm³/mol. The van der Waals surface area contributed by atoms with Crippen molar-refractivity contribution in [2.75, 3.05) is 22.9 Å². The van der Waals surface area contributed by atoms with Crippen LogP contribution in [0.5, 0.6) is 0 Å². The van der Waals surface area contributed by atoms with Gasteiger partial charge < -0.3 is 9.80 Å². The minimum Gasteiger partial charge on any atom is -0.363 e. The standard InChI is InChI=1S/C16H15F3N6O2/c17-16(18,19)10-1-11(6-20-5-10)24-7-13-2-12(24)8-25(13)15-21-3-9(4-22-15)14(26)23-27/h1,3-6,12-13,27H,2,7-8H2,(H,23,26)/t12-,13+/m1/s1. The number of fused-ring (bicyclic) bond motifs is 2. The zero-order valence-electron chi connectivity index (χ0n) is 13.9. The topological polar surface area (TPSA) is 94.5 Å². The summed E-state index contributed by atoms with van der Waals surface area (Å²) in [5.41, 5.74) is 1.33. The molecule has 0 saturated carbocycles. The van der Waals surface area contributed by atoms with Crippen molar-refractivity contribution in [1.29, 1.82) is 0 Å². The van der Waals surface area contributed by atoms with E-state index < -0.39 is 17.6 Å². The summed E-state index contributed by atoms with van der Waals surface area (Å²) in [6.07, 6.45) is 1.24. The van der Waals surface area contributed by atoms with E-state index in [0.29, 0.717) is 24.7 Å². The number of anilines is 2. The number of nitrogens with zero attached hydrogens (tertiary/aromatic N) is 5. The summed E-state index contributed by atoms with van der Waals surface area (Å²) in [5, 5.41) is 8.62. The maximum absolute atomic E-state index is 12.9. The Bertz CT molecular complexity index is 860. The molecule has 2 bridgehead atoms. The molecule has 0 unspecified atom stereocenters. The molecule has 2 aromatic rings. The van der Waals surface area contributed by atoms with Gasteiger partial charge >= 0.3 is 6.18 Å². The van der Waals surface area contributed by atoms with Gasteiger partial charge in [-0.3, -0.25) is 15.0 Å². The van der Waals surface area contributed by atoms with Crippen LogP contribution in [0.4, 0.5) is 24.8 Å². The third-order valence-electron chi connectivity index (χ3n) is 4.88. The Labute approximate surface area is 151 Å². The number of aromatic nitrogens is 3. The highest BCUT2D eigenvalue weighted by atomic mass is 19.4. The third kappa shape index (κ3) is 3.14. The van der Waals surface area contributed by atoms with E-state index in [9.17, 15) is 18.0 Å². The fourth-order valence-corrected chi connectivity index (χ4v) is 3.62. The van der Waals surface area contributed by atoms with Crippen LogP contribution in [0.1, 0.15) is 22.3 Å². The van der Waals surface area contributed by atoms with Crippen LogP contribution in [0, 0.1) is 0 Å². The Kier molecular flexibility index (Phi) is 4.10. The molecule has 4 heterocycles. The second-order valence-corrected chi connectivity index (χ2v) is 6.49. The number of pyridine rings is 1. The lowest BCUT2D eigenvalue weighted by molar-refractivity contribution is -0.137. The molecule has 2 N–H and O–H groups in total. The largest absolute Gasteiger partial charge is 0.417 e. The first-order valence-corrected chi connectivity index (χ1v) is 8.19. The van der Waals surface area contributed by atoms with Crippen LogP contribution in [-0.2, 0) is 6.18 Å². The number of alkyl halides is 3. The van der Waals surface area contributed by atoms with Gasteiger partial charge in [0.05, 0.1) is 29.1 Å². The first kappa shape index (κ1) is 17.5. The van der Waals surface area contributed by atoms with Crippen molar-refractivity contribution in [3.63, 3.8) is 0 Å². The molecule has 2 aliphatic heterocycles. The maximum Gasteiger partial charge on any atom is 0.417 e. The smallest absolute Gasteiger partial charge is 0.363 e. The minimum atomic E-state index is -4.43. The Morgan fingerprint density at radius 1 is 1.11 bits per heavy atom. The number of amides is 1. The molecule has 142 valence electrons. The van der Waals surface area contributed by atoms with Crippen molar-refractivity contribution in [2.45, 2.75) is 24.7 Å². The van der Waals surface area contributed by atoms with E-state index in [4.69, 9.17) is 5.21 Å². The Morgan fingerprint density at radius 2 is 1.78 bits per heavy atom. The highest BCUT2D eigenvalue weighted by Crippen LogP contribution is 2.38. The van der Waals surface area contributed by atoms with Gasteiger partial charge in [-0.05, 0) is 12.5 Å². The van der Waals surface area contributed by atoms with E-state index in [0.717, 1.165) is 18.7 Å². The third-order valence-corrected chi connectivity index (χ3v) is 4.88. The molecule has 2 saturated heterocycles. The monoisotopic (exact) mass is 380 g/mol. The molecule has 4 rings (SSSR count). The number of hydrogen-bond acceptors (Lipinski definition) is 7. The van der Waals surface area contributed by atoms with Crippen molar-refractivity contribution < 1.29 is 23.2 Å². The Hall–Kier alpha value is -2.95. The summed E-state index contributed by atoms with van der Waals surface area (Å²) in [6, 6.07) is 1.21. The number of carbonyl (C=O) groups excluding carboxylic acids is 1. The number of hydroxylamine groups is 1. The Morgan fingerprint density at radius 3 is 2.37 bits per heavy atom. The molecule has 0 spiro atoms. The van der Waals surface area contributed by atoms with E-state index in [1.807, 2.05) is 9.80 Å². The molecule has 8 nitrogen and oxygen atoms in total. The zero-order chi connectivity index (χ0) is 19.2. The normalized spacial score (nSPS) is 21.6. The first-order chi connectivity index (χ1) is 12.9. The molecular weight excluding hydrogens is 365 g/mol. The van der Waals surface area contributed by atoms with E-state index in [1.54, 1.807) is 0 Å². The van der Waals surface area contributed by atoms with Crippen LogP contribution in [0.15, 0.2) is 30.9 Å². The SMILES string of the molecule is O=C(NO)c1cnc(N2C[C@H]3C[C@H]2CN3c2cncc(C(F)(F)F)c2)nc1.